The molecule has 0 amide bonds. The first-order valence-corrected chi connectivity index (χ1v) is 6.94. The van der Waals surface area contributed by atoms with Crippen molar-refractivity contribution < 1.29 is 9.84 Å². The van der Waals surface area contributed by atoms with Gasteiger partial charge in [-0.05, 0) is 49.9 Å². The van der Waals surface area contributed by atoms with Gasteiger partial charge in [-0.15, -0.1) is 0 Å². The van der Waals surface area contributed by atoms with E-state index in [1.165, 1.54) is 19.3 Å². The van der Waals surface area contributed by atoms with Crippen LogP contribution in [-0.2, 0) is 6.42 Å². The lowest BCUT2D eigenvalue weighted by Crippen LogP contribution is -2.35. The molecule has 0 bridgehead atoms. The molecule has 1 aromatic rings. The van der Waals surface area contributed by atoms with E-state index in [9.17, 15) is 0 Å². The van der Waals surface area contributed by atoms with Crippen LogP contribution in [0.2, 0.25) is 0 Å². The van der Waals surface area contributed by atoms with Gasteiger partial charge >= 0.3 is 0 Å². The maximum absolute atomic E-state index is 8.84. The van der Waals surface area contributed by atoms with Crippen LogP contribution in [0.5, 0.6) is 5.75 Å². The molecule has 18 heavy (non-hydrogen) atoms. The Labute approximate surface area is 109 Å². The molecule has 1 aliphatic heterocycles. The Morgan fingerprint density at radius 3 is 2.72 bits per heavy atom. The molecule has 1 aromatic carbocycles. The van der Waals surface area contributed by atoms with E-state index < -0.39 is 0 Å². The minimum atomic E-state index is 0.202. The Morgan fingerprint density at radius 1 is 1.22 bits per heavy atom. The number of benzene rings is 1. The second kappa shape index (κ2) is 7.39. The van der Waals surface area contributed by atoms with Crippen molar-refractivity contribution in [2.45, 2.75) is 38.1 Å². The number of aliphatic hydroxyl groups excluding tert-OH is 1. The van der Waals surface area contributed by atoms with Crippen LogP contribution < -0.4 is 10.1 Å². The first-order chi connectivity index (χ1) is 8.88. The van der Waals surface area contributed by atoms with Gasteiger partial charge in [0, 0.05) is 12.6 Å². The number of piperidine rings is 1. The largest absolute Gasteiger partial charge is 0.494 e. The lowest BCUT2D eigenvalue weighted by molar-refractivity contribution is 0.268. The predicted octanol–water partition coefficient (Wildman–Crippen LogP) is 2.13. The standard InChI is InChI=1S/C15H23NO2/c17-11-8-13-4-6-15(7-5-13)18-12-9-14-3-1-2-10-16-14/h4-7,14,16-17H,1-3,8-12H2. The van der Waals surface area contributed by atoms with Crippen molar-refractivity contribution in [3.8, 4) is 5.75 Å². The molecular weight excluding hydrogens is 226 g/mol. The van der Waals surface area contributed by atoms with Crippen LogP contribution in [0.25, 0.3) is 0 Å². The van der Waals surface area contributed by atoms with E-state index in [0.717, 1.165) is 30.9 Å². The molecule has 2 N–H and O–H groups in total. The molecule has 0 aliphatic carbocycles. The third-order valence-corrected chi connectivity index (χ3v) is 3.47. The molecular formula is C15H23NO2. The van der Waals surface area contributed by atoms with E-state index >= 15 is 0 Å². The highest BCUT2D eigenvalue weighted by Crippen LogP contribution is 2.14. The Bertz CT molecular complexity index is 331. The lowest BCUT2D eigenvalue weighted by Gasteiger charge is -2.23. The number of ether oxygens (including phenoxy) is 1. The van der Waals surface area contributed by atoms with Crippen molar-refractivity contribution in [3.05, 3.63) is 29.8 Å². The van der Waals surface area contributed by atoms with Crippen LogP contribution in [-0.4, -0.2) is 30.9 Å². The van der Waals surface area contributed by atoms with Crippen LogP contribution in [0, 0.1) is 0 Å². The number of aliphatic hydroxyl groups is 1. The second-order valence-corrected chi connectivity index (χ2v) is 4.90. The minimum absolute atomic E-state index is 0.202. The number of hydrogen-bond acceptors (Lipinski definition) is 3. The fourth-order valence-electron chi connectivity index (χ4n) is 2.37. The summed E-state index contributed by atoms with van der Waals surface area (Å²) in [7, 11) is 0. The number of hydrogen-bond donors (Lipinski definition) is 2. The Balaban J connectivity index is 1.69. The van der Waals surface area contributed by atoms with Crippen LogP contribution in [0.4, 0.5) is 0 Å². The van der Waals surface area contributed by atoms with Gasteiger partial charge in [0.15, 0.2) is 0 Å². The van der Waals surface area contributed by atoms with Gasteiger partial charge in [0.05, 0.1) is 6.61 Å². The first kappa shape index (κ1) is 13.4. The highest BCUT2D eigenvalue weighted by molar-refractivity contribution is 5.27. The third kappa shape index (κ3) is 4.31. The molecule has 1 atom stereocenters. The van der Waals surface area contributed by atoms with E-state index in [1.807, 2.05) is 24.3 Å². The van der Waals surface area contributed by atoms with Gasteiger partial charge in [-0.2, -0.15) is 0 Å². The van der Waals surface area contributed by atoms with Crippen LogP contribution in [0.1, 0.15) is 31.2 Å². The maximum Gasteiger partial charge on any atom is 0.119 e. The van der Waals surface area contributed by atoms with E-state index in [2.05, 4.69) is 5.32 Å². The Morgan fingerprint density at radius 2 is 2.06 bits per heavy atom. The average Bonchev–Trinajstić information content (AvgIpc) is 2.42. The highest BCUT2D eigenvalue weighted by atomic mass is 16.5. The molecule has 2 rings (SSSR count). The minimum Gasteiger partial charge on any atom is -0.494 e. The average molecular weight is 249 g/mol. The van der Waals surface area contributed by atoms with Gasteiger partial charge < -0.3 is 15.2 Å². The summed E-state index contributed by atoms with van der Waals surface area (Å²) in [5.41, 5.74) is 1.15. The van der Waals surface area contributed by atoms with E-state index in [1.54, 1.807) is 0 Å². The molecule has 1 heterocycles. The topological polar surface area (TPSA) is 41.5 Å². The summed E-state index contributed by atoms with van der Waals surface area (Å²) in [4.78, 5) is 0. The van der Waals surface area contributed by atoms with Gasteiger partial charge in [0.1, 0.15) is 5.75 Å². The summed E-state index contributed by atoms with van der Waals surface area (Å²) in [6.07, 6.45) is 5.72. The zero-order valence-electron chi connectivity index (χ0n) is 10.9. The van der Waals surface area contributed by atoms with Crippen LogP contribution in [0.15, 0.2) is 24.3 Å². The molecule has 3 nitrogen and oxygen atoms in total. The fourth-order valence-corrected chi connectivity index (χ4v) is 2.37. The predicted molar refractivity (Wildman–Crippen MR) is 73.0 cm³/mol. The molecule has 0 radical (unpaired) electrons. The SMILES string of the molecule is OCCc1ccc(OCCC2CCCCN2)cc1. The van der Waals surface area contributed by atoms with Crippen molar-refractivity contribution in [2.75, 3.05) is 19.8 Å². The molecule has 0 aromatic heterocycles. The van der Waals surface area contributed by atoms with Crippen molar-refractivity contribution in [1.82, 2.24) is 5.32 Å². The smallest absolute Gasteiger partial charge is 0.119 e. The van der Waals surface area contributed by atoms with Crippen molar-refractivity contribution in [1.29, 1.82) is 0 Å². The summed E-state index contributed by atoms with van der Waals surface area (Å²) >= 11 is 0. The molecule has 1 unspecified atom stereocenters. The summed E-state index contributed by atoms with van der Waals surface area (Å²) in [6, 6.07) is 8.64. The summed E-state index contributed by atoms with van der Waals surface area (Å²) in [5.74, 6) is 0.924. The van der Waals surface area contributed by atoms with Crippen molar-refractivity contribution in [3.63, 3.8) is 0 Å². The monoisotopic (exact) mass is 249 g/mol. The molecule has 0 saturated carbocycles. The quantitative estimate of drug-likeness (QED) is 0.811. The summed E-state index contributed by atoms with van der Waals surface area (Å²) in [5, 5.41) is 12.4. The zero-order chi connectivity index (χ0) is 12.6. The van der Waals surface area contributed by atoms with Gasteiger partial charge in [0.25, 0.3) is 0 Å². The normalized spacial score (nSPS) is 19.7. The molecule has 0 spiro atoms. The number of rotatable bonds is 6. The van der Waals surface area contributed by atoms with Gasteiger partial charge in [0.2, 0.25) is 0 Å². The summed E-state index contributed by atoms with van der Waals surface area (Å²) in [6.45, 7) is 2.13. The molecule has 1 aliphatic rings. The molecule has 1 fully saturated rings. The molecule has 100 valence electrons. The second-order valence-electron chi connectivity index (χ2n) is 4.90. The van der Waals surface area contributed by atoms with E-state index in [0.29, 0.717) is 12.5 Å². The zero-order valence-corrected chi connectivity index (χ0v) is 10.9. The lowest BCUT2D eigenvalue weighted by atomic mass is 10.0. The van der Waals surface area contributed by atoms with Gasteiger partial charge in [-0.25, -0.2) is 0 Å². The Kier molecular flexibility index (Phi) is 5.49. The first-order valence-electron chi connectivity index (χ1n) is 6.94. The van der Waals surface area contributed by atoms with E-state index in [4.69, 9.17) is 9.84 Å². The maximum atomic E-state index is 8.84. The highest BCUT2D eigenvalue weighted by Gasteiger charge is 2.11. The summed E-state index contributed by atoms with van der Waals surface area (Å²) < 4.78 is 5.74. The fraction of sp³-hybridized carbons (Fsp3) is 0.600. The third-order valence-electron chi connectivity index (χ3n) is 3.47. The van der Waals surface area contributed by atoms with Crippen molar-refractivity contribution >= 4 is 0 Å². The molecule has 1 saturated heterocycles. The van der Waals surface area contributed by atoms with Crippen LogP contribution >= 0.6 is 0 Å². The van der Waals surface area contributed by atoms with Crippen LogP contribution in [0.3, 0.4) is 0 Å². The molecule has 3 heteroatoms. The van der Waals surface area contributed by atoms with Gasteiger partial charge in [-0.1, -0.05) is 18.6 Å². The van der Waals surface area contributed by atoms with E-state index in [-0.39, 0.29) is 6.61 Å². The van der Waals surface area contributed by atoms with Crippen molar-refractivity contribution in [2.24, 2.45) is 0 Å². The Hall–Kier alpha value is -1.06. The number of nitrogens with one attached hydrogen (secondary N) is 1. The van der Waals surface area contributed by atoms with Gasteiger partial charge in [-0.3, -0.25) is 0 Å².